The topological polar surface area (TPSA) is 59.4 Å². The summed E-state index contributed by atoms with van der Waals surface area (Å²) in [7, 11) is 0. The molecule has 114 valence electrons. The summed E-state index contributed by atoms with van der Waals surface area (Å²) in [5.41, 5.74) is 3.18. The van der Waals surface area contributed by atoms with Crippen LogP contribution in [0, 0.1) is 0 Å². The number of rotatable bonds is 5. The molecule has 0 saturated carbocycles. The van der Waals surface area contributed by atoms with Crippen molar-refractivity contribution in [3.63, 3.8) is 0 Å². The average Bonchev–Trinajstić information content (AvgIpc) is 2.61. The Morgan fingerprint density at radius 2 is 1.61 bits per heavy atom. The molecule has 0 amide bonds. The molecule has 0 radical (unpaired) electrons. The predicted octanol–water partition coefficient (Wildman–Crippen LogP) is 4.03. The van der Waals surface area contributed by atoms with Crippen molar-refractivity contribution in [3.8, 4) is 17.0 Å². The highest BCUT2D eigenvalue weighted by atomic mass is 16.5. The monoisotopic (exact) mass is 305 g/mol. The van der Waals surface area contributed by atoms with Gasteiger partial charge in [0.25, 0.3) is 0 Å². The minimum Gasteiger partial charge on any atom is -0.478 e. The third kappa shape index (κ3) is 3.74. The van der Waals surface area contributed by atoms with Crippen molar-refractivity contribution in [2.24, 2.45) is 0 Å². The summed E-state index contributed by atoms with van der Waals surface area (Å²) in [4.78, 5) is 15.1. The van der Waals surface area contributed by atoms with E-state index < -0.39 is 5.97 Å². The number of hydrogen-bond acceptors (Lipinski definition) is 3. The molecule has 4 heteroatoms. The first-order valence-electron chi connectivity index (χ1n) is 7.19. The molecule has 1 N–H and O–H groups in total. The van der Waals surface area contributed by atoms with Crippen LogP contribution in [0.5, 0.6) is 5.88 Å². The molecule has 0 aliphatic carbocycles. The van der Waals surface area contributed by atoms with E-state index in [-0.39, 0.29) is 5.56 Å². The smallest absolute Gasteiger partial charge is 0.335 e. The molecule has 0 bridgehead atoms. The van der Waals surface area contributed by atoms with Crippen molar-refractivity contribution < 1.29 is 14.6 Å². The molecule has 1 aromatic heterocycles. The number of aromatic nitrogens is 1. The Kier molecular flexibility index (Phi) is 4.34. The lowest BCUT2D eigenvalue weighted by Gasteiger charge is -2.07. The van der Waals surface area contributed by atoms with E-state index in [2.05, 4.69) is 4.98 Å². The Labute approximate surface area is 134 Å². The summed E-state index contributed by atoms with van der Waals surface area (Å²) in [6, 6.07) is 20.3. The number of carbonyl (C=O) groups is 1. The fourth-order valence-corrected chi connectivity index (χ4v) is 2.17. The van der Waals surface area contributed by atoms with Crippen molar-refractivity contribution in [2.75, 3.05) is 0 Å². The highest BCUT2D eigenvalue weighted by Crippen LogP contribution is 2.21. The second-order valence-corrected chi connectivity index (χ2v) is 5.04. The van der Waals surface area contributed by atoms with Crippen LogP contribution < -0.4 is 4.74 Å². The molecule has 4 nitrogen and oxygen atoms in total. The van der Waals surface area contributed by atoms with Crippen molar-refractivity contribution in [3.05, 3.63) is 84.1 Å². The number of nitrogens with zero attached hydrogens (tertiary/aromatic N) is 1. The summed E-state index contributed by atoms with van der Waals surface area (Å²) in [5.74, 6) is -0.376. The van der Waals surface area contributed by atoms with E-state index in [4.69, 9.17) is 9.84 Å². The molecule has 3 rings (SSSR count). The lowest BCUT2D eigenvalue weighted by molar-refractivity contribution is 0.0697. The fraction of sp³-hybridized carbons (Fsp3) is 0.0526. The third-order valence-electron chi connectivity index (χ3n) is 3.43. The zero-order chi connectivity index (χ0) is 16.1. The van der Waals surface area contributed by atoms with Crippen molar-refractivity contribution in [1.82, 2.24) is 4.98 Å². The van der Waals surface area contributed by atoms with Crippen LogP contribution in [0.25, 0.3) is 11.1 Å². The lowest BCUT2D eigenvalue weighted by Crippen LogP contribution is -1.97. The van der Waals surface area contributed by atoms with E-state index >= 15 is 0 Å². The Morgan fingerprint density at radius 3 is 2.22 bits per heavy atom. The van der Waals surface area contributed by atoms with Crippen LogP contribution in [0.1, 0.15) is 15.9 Å². The molecule has 1 heterocycles. The molecule has 0 spiro atoms. The van der Waals surface area contributed by atoms with E-state index in [1.807, 2.05) is 42.5 Å². The van der Waals surface area contributed by atoms with Gasteiger partial charge in [-0.05, 0) is 29.3 Å². The van der Waals surface area contributed by atoms with Crippen molar-refractivity contribution >= 4 is 5.97 Å². The Morgan fingerprint density at radius 1 is 0.913 bits per heavy atom. The van der Waals surface area contributed by atoms with Gasteiger partial charge >= 0.3 is 5.97 Å². The van der Waals surface area contributed by atoms with Crippen LogP contribution in [-0.4, -0.2) is 16.1 Å². The van der Waals surface area contributed by atoms with Crippen LogP contribution in [-0.2, 0) is 6.61 Å². The zero-order valence-corrected chi connectivity index (χ0v) is 12.3. The number of aromatic carboxylic acids is 1. The van der Waals surface area contributed by atoms with Gasteiger partial charge in [-0.15, -0.1) is 0 Å². The number of ether oxygens (including phenoxy) is 1. The highest BCUT2D eigenvalue weighted by Gasteiger charge is 2.04. The van der Waals surface area contributed by atoms with Crippen LogP contribution in [0.15, 0.2) is 72.9 Å². The maximum Gasteiger partial charge on any atom is 0.335 e. The second kappa shape index (κ2) is 6.75. The summed E-state index contributed by atoms with van der Waals surface area (Å²) in [6.45, 7) is 0.473. The quantitative estimate of drug-likeness (QED) is 0.773. The first kappa shape index (κ1) is 14.8. The Bertz CT molecular complexity index is 781. The van der Waals surface area contributed by atoms with Crippen LogP contribution >= 0.6 is 0 Å². The number of hydrogen-bond donors (Lipinski definition) is 1. The maximum atomic E-state index is 10.9. The average molecular weight is 305 g/mol. The summed E-state index contributed by atoms with van der Waals surface area (Å²) < 4.78 is 5.64. The molecule has 0 atom stereocenters. The SMILES string of the molecule is O=C(O)c1ccc(-c2ccc(OCc3ccccc3)nc2)cc1. The largest absolute Gasteiger partial charge is 0.478 e. The third-order valence-corrected chi connectivity index (χ3v) is 3.43. The van der Waals surface area contributed by atoms with Crippen molar-refractivity contribution in [1.29, 1.82) is 0 Å². The normalized spacial score (nSPS) is 10.3. The standard InChI is InChI=1S/C19H15NO3/c21-19(22)16-8-6-15(7-9-16)17-10-11-18(20-12-17)23-13-14-4-2-1-3-5-14/h1-12H,13H2,(H,21,22). The van der Waals surface area contributed by atoms with Crippen LogP contribution in [0.2, 0.25) is 0 Å². The van der Waals surface area contributed by atoms with Crippen LogP contribution in [0.3, 0.4) is 0 Å². The first-order valence-corrected chi connectivity index (χ1v) is 7.19. The van der Waals surface area contributed by atoms with Gasteiger partial charge in [0.1, 0.15) is 6.61 Å². The van der Waals surface area contributed by atoms with E-state index in [0.717, 1.165) is 16.7 Å². The minimum absolute atomic E-state index is 0.268. The molecule has 23 heavy (non-hydrogen) atoms. The van der Waals surface area contributed by atoms with Gasteiger partial charge in [-0.25, -0.2) is 9.78 Å². The van der Waals surface area contributed by atoms with Gasteiger partial charge in [0.05, 0.1) is 5.56 Å². The molecule has 2 aromatic carbocycles. The van der Waals surface area contributed by atoms with E-state index in [1.165, 1.54) is 0 Å². The maximum absolute atomic E-state index is 10.9. The minimum atomic E-state index is -0.931. The molecule has 3 aromatic rings. The molecule has 0 aliphatic rings. The number of benzene rings is 2. The highest BCUT2D eigenvalue weighted by molar-refractivity contribution is 5.88. The molecule has 0 saturated heterocycles. The van der Waals surface area contributed by atoms with Gasteiger partial charge in [-0.2, -0.15) is 0 Å². The second-order valence-electron chi connectivity index (χ2n) is 5.04. The molecule has 0 fully saturated rings. The van der Waals surface area contributed by atoms with E-state index in [9.17, 15) is 4.79 Å². The summed E-state index contributed by atoms with van der Waals surface area (Å²) in [5, 5.41) is 8.91. The summed E-state index contributed by atoms with van der Waals surface area (Å²) in [6.07, 6.45) is 1.72. The molecule has 0 aliphatic heterocycles. The number of pyridine rings is 1. The predicted molar refractivity (Wildman–Crippen MR) is 87.4 cm³/mol. The Balaban J connectivity index is 1.68. The molecular formula is C19H15NO3. The van der Waals surface area contributed by atoms with Gasteiger partial charge in [0.2, 0.25) is 5.88 Å². The number of carboxylic acids is 1. The molecular weight excluding hydrogens is 290 g/mol. The van der Waals surface area contributed by atoms with Gasteiger partial charge in [-0.1, -0.05) is 42.5 Å². The number of carboxylic acid groups (broad SMARTS) is 1. The van der Waals surface area contributed by atoms with E-state index in [0.29, 0.717) is 12.5 Å². The van der Waals surface area contributed by atoms with Gasteiger partial charge in [0, 0.05) is 17.8 Å². The van der Waals surface area contributed by atoms with E-state index in [1.54, 1.807) is 30.5 Å². The zero-order valence-electron chi connectivity index (χ0n) is 12.3. The lowest BCUT2D eigenvalue weighted by atomic mass is 10.1. The van der Waals surface area contributed by atoms with Crippen molar-refractivity contribution in [2.45, 2.75) is 6.61 Å². The molecule has 0 unspecified atom stereocenters. The summed E-state index contributed by atoms with van der Waals surface area (Å²) >= 11 is 0. The van der Waals surface area contributed by atoms with Gasteiger partial charge in [-0.3, -0.25) is 0 Å². The van der Waals surface area contributed by atoms with Gasteiger partial charge in [0.15, 0.2) is 0 Å². The first-order chi connectivity index (χ1) is 11.2. The van der Waals surface area contributed by atoms with Gasteiger partial charge < -0.3 is 9.84 Å². The Hall–Kier alpha value is -3.14. The fourth-order valence-electron chi connectivity index (χ4n) is 2.17. The van der Waals surface area contributed by atoms with Crippen LogP contribution in [0.4, 0.5) is 0 Å².